The summed E-state index contributed by atoms with van der Waals surface area (Å²) in [6.07, 6.45) is 8.78. The number of alkyl halides is 3. The second-order valence-electron chi connectivity index (χ2n) is 6.95. The predicted molar refractivity (Wildman–Crippen MR) is 117 cm³/mol. The van der Waals surface area contributed by atoms with E-state index in [0.29, 0.717) is 16.9 Å². The van der Waals surface area contributed by atoms with Gasteiger partial charge >= 0.3 is 12.1 Å². The molecular formula is C22H34F3NO3S. The maximum atomic E-state index is 13.0. The highest BCUT2D eigenvalue weighted by molar-refractivity contribution is 7.87. The maximum Gasteiger partial charge on any atom is 0.416 e. The van der Waals surface area contributed by atoms with Gasteiger partial charge in [0.25, 0.3) is 0 Å². The van der Waals surface area contributed by atoms with Crippen LogP contribution in [0, 0.1) is 0 Å². The van der Waals surface area contributed by atoms with Crippen molar-refractivity contribution in [2.24, 2.45) is 0 Å². The molecule has 0 radical (unpaired) electrons. The Kier molecular flexibility index (Phi) is 15.2. The zero-order valence-corrected chi connectivity index (χ0v) is 18.9. The Morgan fingerprint density at radius 1 is 1.10 bits per heavy atom. The fraction of sp³-hybridized carbons (Fsp3) is 0.591. The summed E-state index contributed by atoms with van der Waals surface area (Å²) in [6, 6.07) is 0. The van der Waals surface area contributed by atoms with Gasteiger partial charge in [0.2, 0.25) is 0 Å². The Balaban J connectivity index is 4.60. The standard InChI is InChI=1S/C22H34F3NO3S/c1-4-12-19(22(23,24)25)16-18(3)17-26-30(29)20(13-5-2)14-10-8-6-7-9-11-15-21(27)28/h5,12-14,16,26H,4,6-11,15,17H2,1-3H3,(H,27,28)/b13-5-,18-16-,19-12+,20-14+. The van der Waals surface area contributed by atoms with Crippen LogP contribution in [-0.4, -0.2) is 28.0 Å². The van der Waals surface area contributed by atoms with Crippen molar-refractivity contribution in [3.05, 3.63) is 46.4 Å². The van der Waals surface area contributed by atoms with Gasteiger partial charge < -0.3 is 5.11 Å². The topological polar surface area (TPSA) is 66.4 Å². The van der Waals surface area contributed by atoms with Crippen LogP contribution in [0.1, 0.15) is 72.1 Å². The Hall–Kier alpha value is -1.67. The molecule has 0 amide bonds. The van der Waals surface area contributed by atoms with Crippen LogP contribution in [0.25, 0.3) is 0 Å². The largest absolute Gasteiger partial charge is 0.481 e. The van der Waals surface area contributed by atoms with E-state index in [1.54, 1.807) is 26.0 Å². The van der Waals surface area contributed by atoms with Crippen molar-refractivity contribution in [3.8, 4) is 0 Å². The molecule has 172 valence electrons. The fourth-order valence-corrected chi connectivity index (χ4v) is 3.67. The van der Waals surface area contributed by atoms with Crippen LogP contribution in [0.5, 0.6) is 0 Å². The molecule has 0 aromatic rings. The molecule has 0 spiro atoms. The molecule has 0 saturated heterocycles. The summed E-state index contributed by atoms with van der Waals surface area (Å²) < 4.78 is 54.1. The molecular weight excluding hydrogens is 415 g/mol. The number of hydrogen-bond donors (Lipinski definition) is 2. The number of unbranched alkanes of at least 4 members (excludes halogenated alkanes) is 5. The molecule has 0 saturated carbocycles. The lowest BCUT2D eigenvalue weighted by molar-refractivity contribution is -0.137. The quantitative estimate of drug-likeness (QED) is 0.226. The number of halogens is 3. The van der Waals surface area contributed by atoms with Crippen LogP contribution in [0.2, 0.25) is 0 Å². The van der Waals surface area contributed by atoms with Gasteiger partial charge in [-0.05, 0) is 45.6 Å². The van der Waals surface area contributed by atoms with E-state index in [4.69, 9.17) is 5.11 Å². The van der Waals surface area contributed by atoms with Crippen LogP contribution in [0.3, 0.4) is 0 Å². The molecule has 0 aromatic carbocycles. The molecule has 8 heteroatoms. The van der Waals surface area contributed by atoms with Crippen LogP contribution in [0.15, 0.2) is 46.4 Å². The van der Waals surface area contributed by atoms with Crippen LogP contribution in [-0.2, 0) is 15.8 Å². The summed E-state index contributed by atoms with van der Waals surface area (Å²) in [4.78, 5) is 11.0. The summed E-state index contributed by atoms with van der Waals surface area (Å²) >= 11 is 0. The van der Waals surface area contributed by atoms with Crippen molar-refractivity contribution in [2.75, 3.05) is 6.54 Å². The Bertz CT molecular complexity index is 665. The predicted octanol–water partition coefficient (Wildman–Crippen LogP) is 6.36. The second-order valence-corrected chi connectivity index (χ2v) is 8.25. The molecule has 2 N–H and O–H groups in total. The third-order valence-electron chi connectivity index (χ3n) is 4.12. The lowest BCUT2D eigenvalue weighted by Gasteiger charge is -2.10. The molecule has 1 atom stereocenters. The number of allylic oxidation sites excluding steroid dienone is 6. The molecule has 30 heavy (non-hydrogen) atoms. The second kappa shape index (κ2) is 16.1. The van der Waals surface area contributed by atoms with Gasteiger partial charge in [-0.15, -0.1) is 0 Å². The SMILES string of the molecule is C/C=C\C(=C/CCCCCCCC(=O)O)S(=O)NC/C(C)=C\C(=C/CC)C(F)(F)F. The first-order valence-corrected chi connectivity index (χ1v) is 11.4. The highest BCUT2D eigenvalue weighted by Crippen LogP contribution is 2.27. The number of aliphatic carboxylic acids is 1. The van der Waals surface area contributed by atoms with Crippen molar-refractivity contribution in [3.63, 3.8) is 0 Å². The lowest BCUT2D eigenvalue weighted by Crippen LogP contribution is -2.21. The lowest BCUT2D eigenvalue weighted by atomic mass is 10.1. The van der Waals surface area contributed by atoms with Crippen LogP contribution in [0.4, 0.5) is 13.2 Å². The first kappa shape index (κ1) is 28.3. The van der Waals surface area contributed by atoms with Crippen molar-refractivity contribution < 1.29 is 27.3 Å². The van der Waals surface area contributed by atoms with Crippen molar-refractivity contribution in [1.82, 2.24) is 4.72 Å². The van der Waals surface area contributed by atoms with Gasteiger partial charge in [0.15, 0.2) is 0 Å². The van der Waals surface area contributed by atoms with Crippen molar-refractivity contribution >= 4 is 17.0 Å². The van der Waals surface area contributed by atoms with E-state index in [2.05, 4.69) is 4.72 Å². The highest BCUT2D eigenvalue weighted by atomic mass is 32.2. The van der Waals surface area contributed by atoms with Gasteiger partial charge in [-0.2, -0.15) is 13.2 Å². The van der Waals surface area contributed by atoms with Gasteiger partial charge in [-0.25, -0.2) is 8.93 Å². The summed E-state index contributed by atoms with van der Waals surface area (Å²) in [5.74, 6) is -0.773. The van der Waals surface area contributed by atoms with Gasteiger partial charge in [0.1, 0.15) is 11.0 Å². The number of rotatable bonds is 15. The minimum atomic E-state index is -4.40. The third kappa shape index (κ3) is 14.3. The number of nitrogens with one attached hydrogen (secondary N) is 1. The fourth-order valence-electron chi connectivity index (χ4n) is 2.62. The zero-order valence-electron chi connectivity index (χ0n) is 18.1. The number of carboxylic acid groups (broad SMARTS) is 1. The molecule has 0 bridgehead atoms. The van der Waals surface area contributed by atoms with E-state index in [1.807, 2.05) is 13.0 Å². The van der Waals surface area contributed by atoms with Gasteiger partial charge in [0.05, 0.1) is 5.57 Å². The number of carbonyl (C=O) groups is 1. The Morgan fingerprint density at radius 3 is 2.30 bits per heavy atom. The first-order chi connectivity index (χ1) is 14.1. The summed E-state index contributed by atoms with van der Waals surface area (Å²) in [6.45, 7) is 5.11. The molecule has 0 aromatic heterocycles. The van der Waals surface area contributed by atoms with Gasteiger partial charge in [-0.1, -0.05) is 56.1 Å². The molecule has 0 rings (SSSR count). The number of carboxylic acids is 1. The summed E-state index contributed by atoms with van der Waals surface area (Å²) in [5, 5.41) is 8.59. The molecule has 1 unspecified atom stereocenters. The van der Waals surface area contributed by atoms with E-state index in [1.165, 1.54) is 0 Å². The molecule has 0 aliphatic carbocycles. The maximum absolute atomic E-state index is 13.0. The summed E-state index contributed by atoms with van der Waals surface area (Å²) in [5.41, 5.74) is -0.246. The molecule has 0 heterocycles. The molecule has 0 aliphatic heterocycles. The normalized spacial score (nSPS) is 15.1. The highest BCUT2D eigenvalue weighted by Gasteiger charge is 2.31. The zero-order chi connectivity index (χ0) is 23.0. The summed E-state index contributed by atoms with van der Waals surface area (Å²) in [7, 11) is -1.52. The van der Waals surface area contributed by atoms with Gasteiger partial charge in [0, 0.05) is 17.9 Å². The molecule has 0 aliphatic rings. The smallest absolute Gasteiger partial charge is 0.416 e. The van der Waals surface area contributed by atoms with Crippen LogP contribution < -0.4 is 4.72 Å². The van der Waals surface area contributed by atoms with Gasteiger partial charge in [-0.3, -0.25) is 4.79 Å². The van der Waals surface area contributed by atoms with Crippen molar-refractivity contribution in [2.45, 2.75) is 78.3 Å². The molecule has 0 fully saturated rings. The number of hydrogen-bond acceptors (Lipinski definition) is 2. The average Bonchev–Trinajstić information content (AvgIpc) is 2.66. The monoisotopic (exact) mass is 449 g/mol. The average molecular weight is 450 g/mol. The molecule has 4 nitrogen and oxygen atoms in total. The Labute approximate surface area is 180 Å². The minimum absolute atomic E-state index is 0.0855. The van der Waals surface area contributed by atoms with Crippen molar-refractivity contribution in [1.29, 1.82) is 0 Å². The Morgan fingerprint density at radius 2 is 1.73 bits per heavy atom. The third-order valence-corrected chi connectivity index (χ3v) is 5.26. The van der Waals surface area contributed by atoms with E-state index >= 15 is 0 Å². The van der Waals surface area contributed by atoms with Crippen LogP contribution >= 0.6 is 0 Å². The first-order valence-electron chi connectivity index (χ1n) is 10.3. The van der Waals surface area contributed by atoms with E-state index in [-0.39, 0.29) is 19.4 Å². The minimum Gasteiger partial charge on any atom is -0.481 e. The van der Waals surface area contributed by atoms with E-state index in [9.17, 15) is 22.2 Å². The van der Waals surface area contributed by atoms with E-state index in [0.717, 1.165) is 44.3 Å². The van der Waals surface area contributed by atoms with E-state index < -0.39 is 28.7 Å².